The van der Waals surface area contributed by atoms with E-state index in [1.54, 1.807) is 0 Å². The lowest BCUT2D eigenvalue weighted by Gasteiger charge is -2.40. The summed E-state index contributed by atoms with van der Waals surface area (Å²) in [5.41, 5.74) is 0. The first kappa shape index (κ1) is 13.9. The first-order valence-corrected chi connectivity index (χ1v) is 6.86. The largest absolute Gasteiger partial charge is 0.380 e. The molecule has 96 valence electrons. The molecule has 2 atom stereocenters. The number of piperazine rings is 1. The van der Waals surface area contributed by atoms with Crippen LogP contribution in [-0.2, 0) is 4.74 Å². The summed E-state index contributed by atoms with van der Waals surface area (Å²) >= 11 is 0. The van der Waals surface area contributed by atoms with Crippen LogP contribution in [0.4, 0.5) is 0 Å². The van der Waals surface area contributed by atoms with Crippen LogP contribution in [0, 0.1) is 0 Å². The van der Waals surface area contributed by atoms with E-state index in [1.165, 1.54) is 25.8 Å². The maximum Gasteiger partial charge on any atom is 0.0593 e. The Balaban J connectivity index is 2.34. The minimum Gasteiger partial charge on any atom is -0.380 e. The zero-order valence-corrected chi connectivity index (χ0v) is 11.2. The van der Waals surface area contributed by atoms with Gasteiger partial charge in [0.2, 0.25) is 0 Å². The molecule has 2 unspecified atom stereocenters. The number of rotatable bonds is 7. The van der Waals surface area contributed by atoms with E-state index in [-0.39, 0.29) is 0 Å². The van der Waals surface area contributed by atoms with Crippen LogP contribution in [0.5, 0.6) is 0 Å². The van der Waals surface area contributed by atoms with E-state index in [0.29, 0.717) is 12.1 Å². The Bertz CT molecular complexity index is 175. The summed E-state index contributed by atoms with van der Waals surface area (Å²) in [5.74, 6) is 0. The first-order valence-electron chi connectivity index (χ1n) is 6.86. The standard InChI is InChI=1S/C13H28N2O/c1-4-7-12-11-15(8-9-16-6-3)13(5-2)10-14-12/h12-14H,4-11H2,1-3H3. The van der Waals surface area contributed by atoms with E-state index in [9.17, 15) is 0 Å². The van der Waals surface area contributed by atoms with Gasteiger partial charge in [-0.1, -0.05) is 20.3 Å². The van der Waals surface area contributed by atoms with E-state index < -0.39 is 0 Å². The highest BCUT2D eigenvalue weighted by Gasteiger charge is 2.25. The third-order valence-electron chi connectivity index (χ3n) is 3.45. The number of nitrogens with zero attached hydrogens (tertiary/aromatic N) is 1. The molecule has 1 aliphatic heterocycles. The number of hydrogen-bond donors (Lipinski definition) is 1. The van der Waals surface area contributed by atoms with Gasteiger partial charge in [-0.25, -0.2) is 0 Å². The van der Waals surface area contributed by atoms with Crippen molar-refractivity contribution in [1.82, 2.24) is 10.2 Å². The molecule has 0 aromatic rings. The summed E-state index contributed by atoms with van der Waals surface area (Å²) in [4.78, 5) is 2.60. The van der Waals surface area contributed by atoms with Gasteiger partial charge in [0, 0.05) is 38.3 Å². The number of nitrogens with one attached hydrogen (secondary N) is 1. The van der Waals surface area contributed by atoms with E-state index in [2.05, 4.69) is 31.0 Å². The lowest BCUT2D eigenvalue weighted by atomic mass is 10.0. The van der Waals surface area contributed by atoms with Crippen molar-refractivity contribution in [1.29, 1.82) is 0 Å². The fourth-order valence-corrected chi connectivity index (χ4v) is 2.47. The third-order valence-corrected chi connectivity index (χ3v) is 3.45. The van der Waals surface area contributed by atoms with Gasteiger partial charge in [-0.2, -0.15) is 0 Å². The van der Waals surface area contributed by atoms with Gasteiger partial charge in [0.05, 0.1) is 6.61 Å². The monoisotopic (exact) mass is 228 g/mol. The molecule has 0 saturated carbocycles. The molecule has 0 aromatic carbocycles. The first-order chi connectivity index (χ1) is 7.81. The van der Waals surface area contributed by atoms with Crippen molar-refractivity contribution in [3.8, 4) is 0 Å². The molecular formula is C13H28N2O. The van der Waals surface area contributed by atoms with Gasteiger partial charge < -0.3 is 10.1 Å². The molecule has 0 bridgehead atoms. The molecule has 1 heterocycles. The van der Waals surface area contributed by atoms with E-state index >= 15 is 0 Å². The van der Waals surface area contributed by atoms with Gasteiger partial charge >= 0.3 is 0 Å². The SMILES string of the molecule is CCCC1CN(CCOCC)C(CC)CN1. The highest BCUT2D eigenvalue weighted by molar-refractivity contribution is 4.85. The molecule has 0 radical (unpaired) electrons. The summed E-state index contributed by atoms with van der Waals surface area (Å²) < 4.78 is 5.46. The molecule has 0 aliphatic carbocycles. The predicted octanol–water partition coefficient (Wildman–Crippen LogP) is 1.88. The molecule has 0 amide bonds. The van der Waals surface area contributed by atoms with E-state index in [4.69, 9.17) is 4.74 Å². The van der Waals surface area contributed by atoms with Crippen LogP contribution in [0.2, 0.25) is 0 Å². The van der Waals surface area contributed by atoms with Crippen molar-refractivity contribution < 1.29 is 4.74 Å². The second-order valence-corrected chi connectivity index (χ2v) is 4.65. The minimum atomic E-state index is 0.689. The molecule has 0 aromatic heterocycles. The fourth-order valence-electron chi connectivity index (χ4n) is 2.47. The Morgan fingerprint density at radius 2 is 2.12 bits per heavy atom. The fraction of sp³-hybridized carbons (Fsp3) is 1.00. The van der Waals surface area contributed by atoms with Gasteiger partial charge in [-0.05, 0) is 19.8 Å². The third kappa shape index (κ3) is 4.40. The van der Waals surface area contributed by atoms with Crippen molar-refractivity contribution >= 4 is 0 Å². The highest BCUT2D eigenvalue weighted by atomic mass is 16.5. The summed E-state index contributed by atoms with van der Waals surface area (Å²) in [6.45, 7) is 11.8. The van der Waals surface area contributed by atoms with Crippen LogP contribution in [0.15, 0.2) is 0 Å². The molecule has 1 aliphatic rings. The van der Waals surface area contributed by atoms with Gasteiger partial charge in [-0.3, -0.25) is 4.90 Å². The topological polar surface area (TPSA) is 24.5 Å². The number of hydrogen-bond acceptors (Lipinski definition) is 3. The van der Waals surface area contributed by atoms with Crippen LogP contribution in [0.1, 0.15) is 40.0 Å². The molecule has 1 fully saturated rings. The Morgan fingerprint density at radius 1 is 1.31 bits per heavy atom. The van der Waals surface area contributed by atoms with Crippen molar-refractivity contribution in [3.63, 3.8) is 0 Å². The van der Waals surface area contributed by atoms with Gasteiger partial charge in [0.15, 0.2) is 0 Å². The Morgan fingerprint density at radius 3 is 2.75 bits per heavy atom. The van der Waals surface area contributed by atoms with Gasteiger partial charge in [-0.15, -0.1) is 0 Å². The molecule has 3 nitrogen and oxygen atoms in total. The predicted molar refractivity (Wildman–Crippen MR) is 68.8 cm³/mol. The number of ether oxygens (including phenoxy) is 1. The van der Waals surface area contributed by atoms with Crippen LogP contribution in [0.25, 0.3) is 0 Å². The summed E-state index contributed by atoms with van der Waals surface area (Å²) in [5, 5.41) is 3.66. The smallest absolute Gasteiger partial charge is 0.0593 e. The normalized spacial score (nSPS) is 27.2. The van der Waals surface area contributed by atoms with Crippen LogP contribution in [0.3, 0.4) is 0 Å². The van der Waals surface area contributed by atoms with Gasteiger partial charge in [0.1, 0.15) is 0 Å². The molecule has 16 heavy (non-hydrogen) atoms. The van der Waals surface area contributed by atoms with Gasteiger partial charge in [0.25, 0.3) is 0 Å². The average molecular weight is 228 g/mol. The maximum absolute atomic E-state index is 5.46. The lowest BCUT2D eigenvalue weighted by Crippen LogP contribution is -2.56. The maximum atomic E-state index is 5.46. The summed E-state index contributed by atoms with van der Waals surface area (Å²) in [7, 11) is 0. The van der Waals surface area contributed by atoms with Crippen LogP contribution >= 0.6 is 0 Å². The Hall–Kier alpha value is -0.120. The van der Waals surface area contributed by atoms with Crippen LogP contribution in [-0.4, -0.2) is 49.8 Å². The lowest BCUT2D eigenvalue weighted by molar-refractivity contribution is 0.0676. The van der Waals surface area contributed by atoms with E-state index in [0.717, 1.165) is 26.3 Å². The zero-order chi connectivity index (χ0) is 11.8. The molecule has 1 N–H and O–H groups in total. The van der Waals surface area contributed by atoms with E-state index in [1.807, 2.05) is 0 Å². The quantitative estimate of drug-likeness (QED) is 0.673. The minimum absolute atomic E-state index is 0.689. The van der Waals surface area contributed by atoms with Crippen molar-refractivity contribution in [2.75, 3.05) is 32.8 Å². The second-order valence-electron chi connectivity index (χ2n) is 4.65. The molecule has 1 rings (SSSR count). The Labute approximate surface area is 101 Å². The van der Waals surface area contributed by atoms with Crippen molar-refractivity contribution in [2.24, 2.45) is 0 Å². The summed E-state index contributed by atoms with van der Waals surface area (Å²) in [6, 6.07) is 1.39. The zero-order valence-electron chi connectivity index (χ0n) is 11.2. The summed E-state index contributed by atoms with van der Waals surface area (Å²) in [6.07, 6.45) is 3.80. The Kier molecular flexibility index (Phi) is 7.01. The molecule has 3 heteroatoms. The molecule has 0 spiro atoms. The second kappa shape index (κ2) is 8.04. The van der Waals surface area contributed by atoms with Crippen molar-refractivity contribution in [3.05, 3.63) is 0 Å². The molecular weight excluding hydrogens is 200 g/mol. The van der Waals surface area contributed by atoms with Crippen LogP contribution < -0.4 is 5.32 Å². The highest BCUT2D eigenvalue weighted by Crippen LogP contribution is 2.12. The molecule has 1 saturated heterocycles. The van der Waals surface area contributed by atoms with Crippen molar-refractivity contribution in [2.45, 2.75) is 52.1 Å². The average Bonchev–Trinajstić information content (AvgIpc) is 2.30.